The summed E-state index contributed by atoms with van der Waals surface area (Å²) >= 11 is 0. The summed E-state index contributed by atoms with van der Waals surface area (Å²) < 4.78 is 0. The van der Waals surface area contributed by atoms with Crippen molar-refractivity contribution in [3.05, 3.63) is 47.5 Å². The van der Waals surface area contributed by atoms with Gasteiger partial charge in [-0.1, -0.05) is 12.1 Å². The molecule has 1 aliphatic heterocycles. The van der Waals surface area contributed by atoms with Gasteiger partial charge in [-0.2, -0.15) is 0 Å². The highest BCUT2D eigenvalue weighted by molar-refractivity contribution is 5.96. The number of nitrogens with one attached hydrogen (secondary N) is 5. The van der Waals surface area contributed by atoms with E-state index in [1.807, 2.05) is 0 Å². The van der Waals surface area contributed by atoms with Gasteiger partial charge in [0.15, 0.2) is 0 Å². The Balaban J connectivity index is 2.02. The third-order valence-corrected chi connectivity index (χ3v) is 8.52. The van der Waals surface area contributed by atoms with E-state index in [1.165, 1.54) is 12.1 Å². The third kappa shape index (κ3) is 11.9. The second kappa shape index (κ2) is 20.1. The summed E-state index contributed by atoms with van der Waals surface area (Å²) in [5.74, 6) is -3.54. The number of fused-ring (bicyclic) bond motifs is 5. The van der Waals surface area contributed by atoms with Gasteiger partial charge >= 0.3 is 0 Å². The van der Waals surface area contributed by atoms with Crippen molar-refractivity contribution in [1.82, 2.24) is 26.6 Å². The number of nitrogens with two attached hydrogens (primary N) is 5. The van der Waals surface area contributed by atoms with E-state index < -0.39 is 59.7 Å². The third-order valence-electron chi connectivity index (χ3n) is 8.52. The van der Waals surface area contributed by atoms with E-state index in [1.54, 1.807) is 24.3 Å². The minimum atomic E-state index is -1.36. The lowest BCUT2D eigenvalue weighted by Gasteiger charge is -2.27. The van der Waals surface area contributed by atoms with Crippen molar-refractivity contribution < 1.29 is 34.2 Å². The Bertz CT molecular complexity index is 1520. The molecule has 0 saturated heterocycles. The molecule has 0 aliphatic carbocycles. The van der Waals surface area contributed by atoms with Crippen LogP contribution in [0.15, 0.2) is 36.4 Å². The van der Waals surface area contributed by atoms with E-state index in [0.717, 1.165) is 0 Å². The summed E-state index contributed by atoms with van der Waals surface area (Å²) in [6.07, 6.45) is 0.761. The lowest BCUT2D eigenvalue weighted by molar-refractivity contribution is -0.134. The smallest absolute Gasteiger partial charge is 0.243 e. The number of carbonyl (C=O) groups is 5. The van der Waals surface area contributed by atoms with Gasteiger partial charge in [-0.3, -0.25) is 24.0 Å². The molecular weight excluding hydrogens is 660 g/mol. The number of rotatable bonds is 15. The van der Waals surface area contributed by atoms with Crippen LogP contribution in [0.1, 0.15) is 43.2 Å². The average Bonchev–Trinajstić information content (AvgIpc) is 3.11. The van der Waals surface area contributed by atoms with Gasteiger partial charge in [0.05, 0.1) is 6.04 Å². The van der Waals surface area contributed by atoms with E-state index in [-0.39, 0.29) is 76.3 Å². The fourth-order valence-corrected chi connectivity index (χ4v) is 5.65. The zero-order valence-corrected chi connectivity index (χ0v) is 28.7. The van der Waals surface area contributed by atoms with Crippen molar-refractivity contribution in [3.8, 4) is 22.6 Å². The Morgan fingerprint density at radius 3 is 1.94 bits per heavy atom. The summed E-state index contributed by atoms with van der Waals surface area (Å²) in [5, 5.41) is 34.7. The van der Waals surface area contributed by atoms with E-state index >= 15 is 0 Å². The summed E-state index contributed by atoms with van der Waals surface area (Å²) in [6, 6.07) is 3.72. The van der Waals surface area contributed by atoms with Crippen molar-refractivity contribution in [1.29, 1.82) is 0 Å². The molecule has 2 aromatic carbocycles. The minimum absolute atomic E-state index is 0.0419. The Kier molecular flexibility index (Phi) is 16.0. The highest BCUT2D eigenvalue weighted by atomic mass is 16.3. The molecule has 4 bridgehead atoms. The lowest BCUT2D eigenvalue weighted by atomic mass is 9.95. The fourth-order valence-electron chi connectivity index (χ4n) is 5.65. The predicted molar refractivity (Wildman–Crippen MR) is 191 cm³/mol. The molecule has 5 amide bonds. The molecule has 280 valence electrons. The Hall–Kier alpha value is -4.81. The number of benzene rings is 2. The van der Waals surface area contributed by atoms with Gasteiger partial charge in [-0.05, 0) is 98.3 Å². The number of carbonyl (C=O) groups excluding carboxylic acids is 5. The fraction of sp³-hybridized carbons (Fsp3) is 0.500. The second-order valence-corrected chi connectivity index (χ2v) is 12.5. The van der Waals surface area contributed by atoms with Crippen LogP contribution in [0.3, 0.4) is 0 Å². The highest BCUT2D eigenvalue weighted by Crippen LogP contribution is 2.31. The van der Waals surface area contributed by atoms with E-state index in [9.17, 15) is 34.2 Å². The maximum Gasteiger partial charge on any atom is 0.243 e. The molecule has 5 atom stereocenters. The van der Waals surface area contributed by atoms with Crippen LogP contribution in [-0.4, -0.2) is 103 Å². The van der Waals surface area contributed by atoms with Crippen LogP contribution in [0.2, 0.25) is 0 Å². The van der Waals surface area contributed by atoms with Crippen LogP contribution < -0.4 is 55.3 Å². The van der Waals surface area contributed by atoms with E-state index in [0.29, 0.717) is 35.1 Å². The Labute approximate surface area is 296 Å². The minimum Gasteiger partial charge on any atom is -0.508 e. The number of hydrogen-bond donors (Lipinski definition) is 12. The van der Waals surface area contributed by atoms with Crippen molar-refractivity contribution >= 4 is 29.5 Å². The summed E-state index contributed by atoms with van der Waals surface area (Å²) in [6.45, 7) is 0.883. The van der Waals surface area contributed by atoms with Crippen molar-refractivity contribution in [3.63, 3.8) is 0 Å². The van der Waals surface area contributed by atoms with E-state index in [4.69, 9.17) is 28.7 Å². The van der Waals surface area contributed by atoms with Crippen LogP contribution in [0.25, 0.3) is 11.1 Å². The molecule has 17 N–H and O–H groups in total. The molecular formula is C34H52N10O7. The zero-order valence-electron chi connectivity index (χ0n) is 28.7. The SMILES string of the molecule is NCCC[C@H](NC(=O)[C@H]1Cc2cc(ccc2O)-c2ccc(O)c(c2)C[C@H](N)C(=O)N[C@H](CCCN)C(=O)N1)C(=O)N[C@@H](CCN)C(=O)NCCN. The van der Waals surface area contributed by atoms with Gasteiger partial charge in [0.1, 0.15) is 35.7 Å². The summed E-state index contributed by atoms with van der Waals surface area (Å²) in [5.41, 5.74) is 30.8. The zero-order chi connectivity index (χ0) is 37.5. The quantitative estimate of drug-likeness (QED) is 0.0881. The van der Waals surface area contributed by atoms with Crippen LogP contribution in [-0.2, 0) is 36.8 Å². The molecule has 0 spiro atoms. The van der Waals surface area contributed by atoms with Crippen molar-refractivity contribution in [2.45, 2.75) is 75.2 Å². The monoisotopic (exact) mass is 712 g/mol. The molecule has 3 rings (SSSR count). The molecule has 51 heavy (non-hydrogen) atoms. The van der Waals surface area contributed by atoms with Gasteiger partial charge in [0.25, 0.3) is 0 Å². The van der Waals surface area contributed by atoms with Gasteiger partial charge in [0.2, 0.25) is 29.5 Å². The average molecular weight is 713 g/mol. The molecule has 0 unspecified atom stereocenters. The lowest BCUT2D eigenvalue weighted by Crippen LogP contribution is -2.59. The van der Waals surface area contributed by atoms with Crippen molar-refractivity contribution in [2.75, 3.05) is 32.7 Å². The van der Waals surface area contributed by atoms with E-state index in [2.05, 4.69) is 26.6 Å². The standard InChI is InChI=1S/C34H52N10O7/c35-10-1-3-24-33(50)44-27(34(51)42-25(4-2-11-36)32(49)43-26(9-12-37)31(48)40-14-13-38)18-22-16-20(6-8-29(22)46)19-5-7-28(45)21(15-19)17-23(39)30(47)41-24/h5-8,15-16,23-27,45-46H,1-4,9-14,17-18,35-39H2,(H,40,48)(H,41,47)(H,42,51)(H,43,49)(H,44,50)/t23-,24+,25-,26-,27+/m0/s1. The van der Waals surface area contributed by atoms with Crippen LogP contribution in [0.5, 0.6) is 11.5 Å². The number of phenolic OH excluding ortho intramolecular Hbond substituents is 2. The van der Waals surface area contributed by atoms with Crippen LogP contribution in [0, 0.1) is 0 Å². The van der Waals surface area contributed by atoms with Crippen LogP contribution >= 0.6 is 0 Å². The Morgan fingerprint density at radius 1 is 0.745 bits per heavy atom. The number of aromatic hydroxyl groups is 2. The first-order valence-corrected chi connectivity index (χ1v) is 17.1. The summed E-state index contributed by atoms with van der Waals surface area (Å²) in [4.78, 5) is 67.2. The molecule has 0 aromatic heterocycles. The molecule has 0 radical (unpaired) electrons. The topological polar surface area (TPSA) is 316 Å². The molecule has 2 aromatic rings. The predicted octanol–water partition coefficient (Wildman–Crippen LogP) is -2.97. The van der Waals surface area contributed by atoms with Crippen molar-refractivity contribution in [2.24, 2.45) is 28.7 Å². The number of amides is 5. The molecule has 17 heteroatoms. The number of phenols is 2. The second-order valence-electron chi connectivity index (χ2n) is 12.5. The molecule has 0 saturated carbocycles. The first kappa shape index (κ1) is 40.6. The molecule has 1 aliphatic rings. The van der Waals surface area contributed by atoms with Crippen LogP contribution in [0.4, 0.5) is 0 Å². The highest BCUT2D eigenvalue weighted by Gasteiger charge is 2.32. The van der Waals surface area contributed by atoms with Gasteiger partial charge < -0.3 is 65.5 Å². The maximum absolute atomic E-state index is 14.0. The number of hydrogen-bond acceptors (Lipinski definition) is 12. The molecule has 17 nitrogen and oxygen atoms in total. The normalized spacial score (nSPS) is 19.0. The molecule has 1 heterocycles. The van der Waals surface area contributed by atoms with Gasteiger partial charge in [0, 0.05) is 25.9 Å². The maximum atomic E-state index is 14.0. The summed E-state index contributed by atoms with van der Waals surface area (Å²) in [7, 11) is 0. The van der Waals surface area contributed by atoms with Gasteiger partial charge in [-0.25, -0.2) is 0 Å². The van der Waals surface area contributed by atoms with Gasteiger partial charge in [-0.15, -0.1) is 0 Å². The first-order valence-electron chi connectivity index (χ1n) is 17.1. The molecule has 0 fully saturated rings. The Morgan fingerprint density at radius 2 is 1.35 bits per heavy atom. The first-order chi connectivity index (χ1) is 24.4. The largest absolute Gasteiger partial charge is 0.508 e.